The maximum Gasteiger partial charge on any atom is 0.0716 e. The molecule has 2 N–H and O–H groups in total. The first-order valence-electron chi connectivity index (χ1n) is 28.3. The lowest BCUT2D eigenvalue weighted by Crippen LogP contribution is -2.17. The van der Waals surface area contributed by atoms with Crippen LogP contribution in [0.25, 0.3) is 0 Å². The molecule has 0 amide bonds. The Bertz CT molecular complexity index is 1320. The predicted octanol–water partition coefficient (Wildman–Crippen LogP) is 18.0. The fourth-order valence-electron chi connectivity index (χ4n) is 11.0. The fraction of sp³-hybridized carbons (Fsp3) is 0.742. The molecule has 0 aliphatic heterocycles. The first-order valence-corrected chi connectivity index (χ1v) is 28.3. The van der Waals surface area contributed by atoms with Crippen LogP contribution in [0.3, 0.4) is 0 Å². The van der Waals surface area contributed by atoms with Gasteiger partial charge in [-0.15, -0.1) is 0 Å². The van der Waals surface area contributed by atoms with Crippen molar-refractivity contribution in [2.75, 3.05) is 26.4 Å². The Morgan fingerprint density at radius 2 is 0.833 bits per heavy atom. The largest absolute Gasteiger partial charge is 0.396 e. The number of rotatable bonds is 40. The lowest BCUT2D eigenvalue weighted by Gasteiger charge is -2.30. The number of unbranched alkanes of at least 4 members (excludes halogenated alkanes) is 22. The highest BCUT2D eigenvalue weighted by molar-refractivity contribution is 5.15. The number of hydrogen-bond donors (Lipinski definition) is 2. The van der Waals surface area contributed by atoms with Crippen LogP contribution in [0.5, 0.6) is 0 Å². The Morgan fingerprint density at radius 1 is 0.455 bits per heavy atom. The molecule has 2 saturated carbocycles. The van der Waals surface area contributed by atoms with Crippen LogP contribution >= 0.6 is 0 Å². The van der Waals surface area contributed by atoms with Gasteiger partial charge in [0.2, 0.25) is 0 Å². The molecule has 0 radical (unpaired) electrons. The van der Waals surface area contributed by atoms with Gasteiger partial charge in [-0.1, -0.05) is 221 Å². The van der Waals surface area contributed by atoms with E-state index < -0.39 is 0 Å². The Hall–Kier alpha value is -2.24. The van der Waals surface area contributed by atoms with Gasteiger partial charge in [0, 0.05) is 31.8 Å². The van der Waals surface area contributed by atoms with Gasteiger partial charge in [-0.3, -0.25) is 0 Å². The van der Waals surface area contributed by atoms with Crippen LogP contribution in [0.2, 0.25) is 0 Å². The van der Waals surface area contributed by atoms with Gasteiger partial charge in [0.15, 0.2) is 0 Å². The summed E-state index contributed by atoms with van der Waals surface area (Å²) in [4.78, 5) is 0. The molecule has 0 saturated heterocycles. The summed E-state index contributed by atoms with van der Waals surface area (Å²) in [5, 5.41) is 17.6. The Labute approximate surface area is 408 Å². The first-order chi connectivity index (χ1) is 32.5. The molecule has 0 aromatic heterocycles. The summed E-state index contributed by atoms with van der Waals surface area (Å²) in [5.41, 5.74) is 3.55. The van der Waals surface area contributed by atoms with E-state index in [1.54, 1.807) is 0 Å². The van der Waals surface area contributed by atoms with Crippen molar-refractivity contribution in [3.63, 3.8) is 0 Å². The zero-order chi connectivity index (χ0) is 46.9. The van der Waals surface area contributed by atoms with E-state index in [4.69, 9.17) is 19.7 Å². The molecular formula is C62H104O4. The van der Waals surface area contributed by atoms with Crippen molar-refractivity contribution in [3.05, 3.63) is 96.1 Å². The molecule has 0 heterocycles. The Balaban J connectivity index is 0.000000385. The lowest BCUT2D eigenvalue weighted by molar-refractivity contribution is 0.116. The van der Waals surface area contributed by atoms with Gasteiger partial charge in [0.05, 0.1) is 13.2 Å². The van der Waals surface area contributed by atoms with E-state index >= 15 is 0 Å². The second-order valence-corrected chi connectivity index (χ2v) is 21.3. The average molecular weight is 914 g/mol. The summed E-state index contributed by atoms with van der Waals surface area (Å²) in [7, 11) is 0. The topological polar surface area (TPSA) is 58.9 Å². The maximum atomic E-state index is 8.82. The average Bonchev–Trinajstić information content (AvgIpc) is 3.90. The number of allylic oxidation sites excluding steroid dienone is 4. The van der Waals surface area contributed by atoms with Crippen LogP contribution in [-0.4, -0.2) is 36.6 Å². The quantitative estimate of drug-likeness (QED) is 0.0517. The second kappa shape index (κ2) is 39.6. The van der Waals surface area contributed by atoms with E-state index in [1.165, 1.54) is 217 Å². The standard InChI is InChI=1S/C38H56O2.C24H48O2/c1-35-26-29-38(32-35,27-18-8-4-2-6-10-20-30-39-33-36-22-14-12-15-23-36)28-19-9-5-3-7-11-21-31-40-34-37-24-16-13-17-25-37;1-23-16-19-24(22-23,17-12-8-4-2-6-10-14-20-25)18-13-9-5-3-7-11-15-21-26/h12-19,22-25,27-28,35H,2-11,20-21,26,29-34H2,1H3;23,25-26H,2-22H2,1H3/b27-18-,28-19-;. The highest BCUT2D eigenvalue weighted by Crippen LogP contribution is 2.49. The minimum absolute atomic E-state index is 0.325. The van der Waals surface area contributed by atoms with Gasteiger partial charge < -0.3 is 19.7 Å². The molecule has 2 atom stereocenters. The van der Waals surface area contributed by atoms with Crippen molar-refractivity contribution in [2.24, 2.45) is 22.7 Å². The predicted molar refractivity (Wildman–Crippen MR) is 285 cm³/mol. The van der Waals surface area contributed by atoms with Crippen LogP contribution in [0, 0.1) is 22.7 Å². The molecule has 66 heavy (non-hydrogen) atoms. The third-order valence-electron chi connectivity index (χ3n) is 15.0. The number of benzene rings is 2. The smallest absolute Gasteiger partial charge is 0.0716 e. The fourth-order valence-corrected chi connectivity index (χ4v) is 11.0. The summed E-state index contributed by atoms with van der Waals surface area (Å²) >= 11 is 0. The molecule has 0 bridgehead atoms. The van der Waals surface area contributed by atoms with Gasteiger partial charge in [-0.05, 0) is 125 Å². The van der Waals surface area contributed by atoms with Crippen LogP contribution < -0.4 is 0 Å². The normalized spacial score (nSPS) is 17.8. The highest BCUT2D eigenvalue weighted by Gasteiger charge is 2.36. The monoisotopic (exact) mass is 913 g/mol. The summed E-state index contributed by atoms with van der Waals surface area (Å²) in [5.74, 6) is 1.80. The minimum atomic E-state index is 0.325. The van der Waals surface area contributed by atoms with Crippen LogP contribution in [-0.2, 0) is 22.7 Å². The lowest BCUT2D eigenvalue weighted by atomic mass is 9.76. The summed E-state index contributed by atoms with van der Waals surface area (Å²) in [6, 6.07) is 21.0. The van der Waals surface area contributed by atoms with Gasteiger partial charge in [0.25, 0.3) is 0 Å². The highest BCUT2D eigenvalue weighted by atomic mass is 16.5. The molecule has 4 heteroatoms. The van der Waals surface area contributed by atoms with Crippen molar-refractivity contribution >= 4 is 0 Å². The number of aliphatic hydroxyl groups excluding tert-OH is 2. The first kappa shape index (κ1) is 58.1. The maximum absolute atomic E-state index is 8.82. The molecule has 2 aromatic carbocycles. The van der Waals surface area contributed by atoms with Crippen molar-refractivity contribution in [1.29, 1.82) is 0 Å². The van der Waals surface area contributed by atoms with Crippen molar-refractivity contribution in [2.45, 2.75) is 245 Å². The summed E-state index contributed by atoms with van der Waals surface area (Å²) < 4.78 is 11.6. The van der Waals surface area contributed by atoms with E-state index in [9.17, 15) is 0 Å². The van der Waals surface area contributed by atoms with Gasteiger partial charge in [-0.25, -0.2) is 0 Å². The molecule has 2 fully saturated rings. The minimum Gasteiger partial charge on any atom is -0.396 e. The molecule has 4 nitrogen and oxygen atoms in total. The van der Waals surface area contributed by atoms with Gasteiger partial charge >= 0.3 is 0 Å². The van der Waals surface area contributed by atoms with Gasteiger partial charge in [0.1, 0.15) is 0 Å². The molecule has 0 spiro atoms. The molecule has 4 rings (SSSR count). The Kier molecular flexibility index (Phi) is 34.8. The van der Waals surface area contributed by atoms with E-state index in [2.05, 4.69) is 98.8 Å². The molecule has 2 aliphatic rings. The number of aliphatic hydroxyl groups is 2. The van der Waals surface area contributed by atoms with Gasteiger partial charge in [-0.2, -0.15) is 0 Å². The van der Waals surface area contributed by atoms with Crippen molar-refractivity contribution < 1.29 is 19.7 Å². The number of ether oxygens (including phenoxy) is 2. The van der Waals surface area contributed by atoms with E-state index in [1.807, 2.05) is 0 Å². The van der Waals surface area contributed by atoms with Crippen molar-refractivity contribution in [3.8, 4) is 0 Å². The van der Waals surface area contributed by atoms with E-state index in [0.29, 0.717) is 24.0 Å². The van der Waals surface area contributed by atoms with Crippen LogP contribution in [0.15, 0.2) is 85.0 Å². The van der Waals surface area contributed by atoms with Crippen LogP contribution in [0.1, 0.15) is 243 Å². The number of hydrogen-bond acceptors (Lipinski definition) is 4. The molecule has 2 aromatic rings. The molecule has 376 valence electrons. The summed E-state index contributed by atoms with van der Waals surface area (Å²) in [6.07, 6.45) is 55.1. The zero-order valence-electron chi connectivity index (χ0n) is 43.2. The second-order valence-electron chi connectivity index (χ2n) is 21.3. The molecular weight excluding hydrogens is 809 g/mol. The third kappa shape index (κ3) is 29.6. The molecule has 2 unspecified atom stereocenters. The Morgan fingerprint density at radius 3 is 1.23 bits per heavy atom. The van der Waals surface area contributed by atoms with Crippen LogP contribution in [0.4, 0.5) is 0 Å². The zero-order valence-corrected chi connectivity index (χ0v) is 43.2. The molecule has 2 aliphatic carbocycles. The van der Waals surface area contributed by atoms with E-state index in [0.717, 1.165) is 51.1 Å². The third-order valence-corrected chi connectivity index (χ3v) is 15.0. The summed E-state index contributed by atoms with van der Waals surface area (Å²) in [6.45, 7) is 8.86. The van der Waals surface area contributed by atoms with Crippen molar-refractivity contribution in [1.82, 2.24) is 0 Å². The SMILES string of the molecule is CC1CCC(/C=C\CCCCCCCOCc2ccccc2)(/C=C\CCCCCCCOCc2ccccc2)C1.CC1CCC(CCCCCCCCCO)(CCCCCCCCCO)C1. The van der Waals surface area contributed by atoms with E-state index in [-0.39, 0.29) is 0 Å².